The molecule has 2 rings (SSSR count). The summed E-state index contributed by atoms with van der Waals surface area (Å²) >= 11 is 0. The first-order valence-corrected chi connectivity index (χ1v) is 6.52. The van der Waals surface area contributed by atoms with Gasteiger partial charge in [0.25, 0.3) is 0 Å². The van der Waals surface area contributed by atoms with Crippen LogP contribution in [0.2, 0.25) is 0 Å². The van der Waals surface area contributed by atoms with Gasteiger partial charge in [-0.3, -0.25) is 0 Å². The van der Waals surface area contributed by atoms with Gasteiger partial charge >= 0.3 is 0 Å². The van der Waals surface area contributed by atoms with E-state index in [2.05, 4.69) is 6.92 Å². The molecule has 0 aliphatic heterocycles. The van der Waals surface area contributed by atoms with Crippen LogP contribution in [0.5, 0.6) is 0 Å². The molecule has 16 heavy (non-hydrogen) atoms. The average Bonchev–Trinajstić information content (AvgIpc) is 2.75. The SMILES string of the molecule is CCC1CCCC(C(N)c2ccc(C)o2)C1. The van der Waals surface area contributed by atoms with Crippen molar-refractivity contribution in [2.75, 3.05) is 0 Å². The van der Waals surface area contributed by atoms with Crippen molar-refractivity contribution >= 4 is 0 Å². The highest BCUT2D eigenvalue weighted by Crippen LogP contribution is 2.37. The van der Waals surface area contributed by atoms with E-state index in [0.29, 0.717) is 5.92 Å². The zero-order valence-electron chi connectivity index (χ0n) is 10.4. The molecule has 2 nitrogen and oxygen atoms in total. The Labute approximate surface area is 98.2 Å². The highest BCUT2D eigenvalue weighted by molar-refractivity contribution is 5.10. The Bertz CT molecular complexity index is 331. The van der Waals surface area contributed by atoms with Crippen LogP contribution in [0.1, 0.15) is 56.6 Å². The summed E-state index contributed by atoms with van der Waals surface area (Å²) in [5, 5.41) is 0. The molecule has 0 spiro atoms. The molecule has 0 amide bonds. The number of aryl methyl sites for hydroxylation is 1. The number of nitrogens with two attached hydrogens (primary N) is 1. The number of furan rings is 1. The van der Waals surface area contributed by atoms with Crippen LogP contribution >= 0.6 is 0 Å². The summed E-state index contributed by atoms with van der Waals surface area (Å²) in [7, 11) is 0. The van der Waals surface area contributed by atoms with Gasteiger partial charge in [-0.1, -0.05) is 26.2 Å². The zero-order valence-corrected chi connectivity index (χ0v) is 10.4. The smallest absolute Gasteiger partial charge is 0.121 e. The molecule has 3 atom stereocenters. The third-order valence-electron chi connectivity index (χ3n) is 4.00. The molecule has 3 unspecified atom stereocenters. The van der Waals surface area contributed by atoms with E-state index in [1.54, 1.807) is 0 Å². The molecule has 2 heteroatoms. The number of hydrogen-bond acceptors (Lipinski definition) is 2. The second kappa shape index (κ2) is 5.05. The van der Waals surface area contributed by atoms with Gasteiger partial charge in [0.05, 0.1) is 6.04 Å². The monoisotopic (exact) mass is 221 g/mol. The quantitative estimate of drug-likeness (QED) is 0.843. The van der Waals surface area contributed by atoms with Crippen LogP contribution < -0.4 is 5.73 Å². The first-order valence-electron chi connectivity index (χ1n) is 6.52. The van der Waals surface area contributed by atoms with E-state index in [9.17, 15) is 0 Å². The fraction of sp³-hybridized carbons (Fsp3) is 0.714. The molecule has 1 aromatic heterocycles. The van der Waals surface area contributed by atoms with Crippen LogP contribution in [-0.2, 0) is 0 Å². The standard InChI is InChI=1S/C14H23NO/c1-3-11-5-4-6-12(9-11)14(15)13-8-7-10(2)16-13/h7-8,11-12,14H,3-6,9,15H2,1-2H3. The fourth-order valence-electron chi connectivity index (χ4n) is 2.89. The van der Waals surface area contributed by atoms with E-state index < -0.39 is 0 Å². The molecule has 0 bridgehead atoms. The van der Waals surface area contributed by atoms with Crippen molar-refractivity contribution in [3.8, 4) is 0 Å². The Hall–Kier alpha value is -0.760. The maximum Gasteiger partial charge on any atom is 0.121 e. The molecular formula is C14H23NO. The molecule has 1 aliphatic carbocycles. The minimum Gasteiger partial charge on any atom is -0.465 e. The molecule has 1 aliphatic rings. The summed E-state index contributed by atoms with van der Waals surface area (Å²) in [5.41, 5.74) is 6.31. The van der Waals surface area contributed by atoms with E-state index >= 15 is 0 Å². The lowest BCUT2D eigenvalue weighted by atomic mass is 9.76. The summed E-state index contributed by atoms with van der Waals surface area (Å²) in [6, 6.07) is 4.15. The molecule has 1 saturated carbocycles. The van der Waals surface area contributed by atoms with Crippen molar-refractivity contribution in [1.29, 1.82) is 0 Å². The van der Waals surface area contributed by atoms with Crippen LogP contribution in [0.25, 0.3) is 0 Å². The van der Waals surface area contributed by atoms with Crippen LogP contribution in [-0.4, -0.2) is 0 Å². The van der Waals surface area contributed by atoms with E-state index in [0.717, 1.165) is 17.4 Å². The van der Waals surface area contributed by atoms with Gasteiger partial charge in [0.15, 0.2) is 0 Å². The Morgan fingerprint density at radius 3 is 2.88 bits per heavy atom. The van der Waals surface area contributed by atoms with Gasteiger partial charge in [-0.05, 0) is 43.7 Å². The largest absolute Gasteiger partial charge is 0.465 e. The second-order valence-electron chi connectivity index (χ2n) is 5.18. The normalized spacial score (nSPS) is 27.9. The maximum absolute atomic E-state index is 6.31. The molecule has 2 N–H and O–H groups in total. The van der Waals surface area contributed by atoms with Crippen LogP contribution in [0.15, 0.2) is 16.5 Å². The van der Waals surface area contributed by atoms with Gasteiger partial charge in [0, 0.05) is 0 Å². The molecule has 0 saturated heterocycles. The predicted octanol–water partition coefficient (Wildman–Crippen LogP) is 3.80. The summed E-state index contributed by atoms with van der Waals surface area (Å²) in [5.74, 6) is 3.43. The minimum absolute atomic E-state index is 0.100. The van der Waals surface area contributed by atoms with E-state index in [1.165, 1.54) is 32.1 Å². The third-order valence-corrected chi connectivity index (χ3v) is 4.00. The van der Waals surface area contributed by atoms with E-state index in [4.69, 9.17) is 10.2 Å². The lowest BCUT2D eigenvalue weighted by molar-refractivity contribution is 0.216. The third kappa shape index (κ3) is 2.49. The first-order chi connectivity index (χ1) is 7.70. The van der Waals surface area contributed by atoms with Crippen molar-refractivity contribution in [3.05, 3.63) is 23.7 Å². The van der Waals surface area contributed by atoms with Crippen molar-refractivity contribution in [3.63, 3.8) is 0 Å². The first kappa shape index (κ1) is 11.7. The van der Waals surface area contributed by atoms with Gasteiger partial charge < -0.3 is 10.2 Å². The lowest BCUT2D eigenvalue weighted by Gasteiger charge is -2.31. The molecule has 1 heterocycles. The van der Waals surface area contributed by atoms with Crippen LogP contribution in [0.4, 0.5) is 0 Å². The molecular weight excluding hydrogens is 198 g/mol. The Morgan fingerprint density at radius 1 is 1.44 bits per heavy atom. The maximum atomic E-state index is 6.31. The van der Waals surface area contributed by atoms with E-state index in [-0.39, 0.29) is 6.04 Å². The van der Waals surface area contributed by atoms with Gasteiger partial charge in [-0.2, -0.15) is 0 Å². The van der Waals surface area contributed by atoms with Crippen molar-refractivity contribution < 1.29 is 4.42 Å². The lowest BCUT2D eigenvalue weighted by Crippen LogP contribution is -2.26. The average molecular weight is 221 g/mol. The highest BCUT2D eigenvalue weighted by atomic mass is 16.3. The summed E-state index contributed by atoms with van der Waals surface area (Å²) in [6.45, 7) is 4.27. The molecule has 0 radical (unpaired) electrons. The van der Waals surface area contributed by atoms with Gasteiger partial charge in [-0.25, -0.2) is 0 Å². The highest BCUT2D eigenvalue weighted by Gasteiger charge is 2.27. The van der Waals surface area contributed by atoms with Gasteiger partial charge in [-0.15, -0.1) is 0 Å². The second-order valence-corrected chi connectivity index (χ2v) is 5.18. The summed E-state index contributed by atoms with van der Waals surface area (Å²) < 4.78 is 5.64. The fourth-order valence-corrected chi connectivity index (χ4v) is 2.89. The zero-order chi connectivity index (χ0) is 11.5. The predicted molar refractivity (Wildman–Crippen MR) is 66.1 cm³/mol. The Kier molecular flexibility index (Phi) is 3.70. The molecule has 1 aromatic rings. The van der Waals surface area contributed by atoms with Gasteiger partial charge in [0.2, 0.25) is 0 Å². The van der Waals surface area contributed by atoms with Crippen LogP contribution in [0.3, 0.4) is 0 Å². The van der Waals surface area contributed by atoms with Crippen molar-refractivity contribution in [1.82, 2.24) is 0 Å². The minimum atomic E-state index is 0.100. The summed E-state index contributed by atoms with van der Waals surface area (Å²) in [4.78, 5) is 0. The summed E-state index contributed by atoms with van der Waals surface area (Å²) in [6.07, 6.45) is 6.54. The topological polar surface area (TPSA) is 39.2 Å². The van der Waals surface area contributed by atoms with Gasteiger partial charge in [0.1, 0.15) is 11.5 Å². The molecule has 90 valence electrons. The Morgan fingerprint density at radius 2 is 2.25 bits per heavy atom. The van der Waals surface area contributed by atoms with Crippen LogP contribution in [0, 0.1) is 18.8 Å². The molecule has 1 fully saturated rings. The number of rotatable bonds is 3. The van der Waals surface area contributed by atoms with E-state index in [1.807, 2.05) is 19.1 Å². The van der Waals surface area contributed by atoms with Crippen molar-refractivity contribution in [2.24, 2.45) is 17.6 Å². The van der Waals surface area contributed by atoms with Crippen molar-refractivity contribution in [2.45, 2.75) is 52.0 Å². The Balaban J connectivity index is 2.01. The number of hydrogen-bond donors (Lipinski definition) is 1. The molecule has 0 aromatic carbocycles.